The van der Waals surface area contributed by atoms with Crippen LogP contribution in [0.3, 0.4) is 0 Å². The molecule has 0 amide bonds. The van der Waals surface area contributed by atoms with E-state index in [2.05, 4.69) is 12.6 Å². The number of benzene rings is 1. The molecule has 0 spiro atoms. The maximum Gasteiger partial charge on any atom is 0 e. The summed E-state index contributed by atoms with van der Waals surface area (Å²) in [7, 11) is 0. The SMILES string of the molecule is C[S-].[Y].c1ccccc1. The number of rotatable bonds is 0. The minimum atomic E-state index is 0. The monoisotopic (exact) mass is 214 g/mol. The van der Waals surface area contributed by atoms with Crippen molar-refractivity contribution in [3.8, 4) is 0 Å². The molecule has 1 rings (SSSR count). The van der Waals surface area contributed by atoms with E-state index in [0.717, 1.165) is 0 Å². The predicted octanol–water partition coefficient (Wildman–Crippen LogP) is 1.85. The summed E-state index contributed by atoms with van der Waals surface area (Å²) in [5, 5.41) is 0. The molecule has 1 radical (unpaired) electrons. The van der Waals surface area contributed by atoms with Crippen molar-refractivity contribution in [3.05, 3.63) is 36.4 Å². The first kappa shape index (κ1) is 12.4. The van der Waals surface area contributed by atoms with E-state index in [1.807, 2.05) is 36.4 Å². The summed E-state index contributed by atoms with van der Waals surface area (Å²) in [5.74, 6) is 0. The smallest absolute Gasteiger partial charge is 0 e. The zero-order valence-electron chi connectivity index (χ0n) is 5.45. The van der Waals surface area contributed by atoms with Crippen molar-refractivity contribution in [1.29, 1.82) is 0 Å². The first-order chi connectivity index (χ1) is 4.00. The zero-order valence-corrected chi connectivity index (χ0v) is 9.10. The predicted molar refractivity (Wildman–Crippen MR) is 39.7 cm³/mol. The van der Waals surface area contributed by atoms with E-state index in [-0.39, 0.29) is 32.7 Å². The molecule has 1 aromatic carbocycles. The van der Waals surface area contributed by atoms with Gasteiger partial charge in [0, 0.05) is 32.7 Å². The average molecular weight is 214 g/mol. The topological polar surface area (TPSA) is 0 Å². The third-order valence-electron chi connectivity index (χ3n) is 0.667. The van der Waals surface area contributed by atoms with E-state index in [1.165, 1.54) is 0 Å². The van der Waals surface area contributed by atoms with Crippen LogP contribution in [0.5, 0.6) is 0 Å². The largest absolute Gasteiger partial charge is 0.796 e. The van der Waals surface area contributed by atoms with Crippen LogP contribution < -0.4 is 0 Å². The Balaban J connectivity index is 0. The fourth-order valence-corrected chi connectivity index (χ4v) is 0.385. The maximum atomic E-state index is 4.08. The van der Waals surface area contributed by atoms with Crippen molar-refractivity contribution in [2.75, 3.05) is 6.26 Å². The standard InChI is InChI=1S/C6H6.CH4S.Y/c1-2-4-6-5-3-1;1-2;/h1-6H;2H,1H3;/p-1. The normalized spacial score (nSPS) is 6.00. The second-order valence-electron chi connectivity index (χ2n) is 1.15. The van der Waals surface area contributed by atoms with Crippen molar-refractivity contribution >= 4 is 12.6 Å². The molecule has 0 aromatic heterocycles. The molecule has 47 valence electrons. The van der Waals surface area contributed by atoms with Crippen molar-refractivity contribution < 1.29 is 32.7 Å². The van der Waals surface area contributed by atoms with Crippen LogP contribution in [0.1, 0.15) is 0 Å². The summed E-state index contributed by atoms with van der Waals surface area (Å²) in [6, 6.07) is 12.0. The molecule has 9 heavy (non-hydrogen) atoms. The Morgan fingerprint density at radius 3 is 0.889 bits per heavy atom. The summed E-state index contributed by atoms with van der Waals surface area (Å²) in [5.41, 5.74) is 0. The van der Waals surface area contributed by atoms with Crippen molar-refractivity contribution in [1.82, 2.24) is 0 Å². The molecule has 0 atom stereocenters. The van der Waals surface area contributed by atoms with Gasteiger partial charge in [0.05, 0.1) is 0 Å². The first-order valence-electron chi connectivity index (χ1n) is 2.41. The van der Waals surface area contributed by atoms with Gasteiger partial charge in [0.15, 0.2) is 0 Å². The fraction of sp³-hybridized carbons (Fsp3) is 0.143. The minimum absolute atomic E-state index is 0. The van der Waals surface area contributed by atoms with Crippen LogP contribution in [0.2, 0.25) is 0 Å². The molecule has 0 saturated heterocycles. The molecule has 0 fully saturated rings. The zero-order chi connectivity index (χ0) is 6.24. The molecule has 0 nitrogen and oxygen atoms in total. The van der Waals surface area contributed by atoms with Crippen molar-refractivity contribution in [2.45, 2.75) is 0 Å². The van der Waals surface area contributed by atoms with E-state index < -0.39 is 0 Å². The molecular formula is C7H9SY-. The summed E-state index contributed by atoms with van der Waals surface area (Å²) >= 11 is 4.08. The molecule has 0 heterocycles. The van der Waals surface area contributed by atoms with E-state index in [4.69, 9.17) is 0 Å². The van der Waals surface area contributed by atoms with Crippen molar-refractivity contribution in [2.24, 2.45) is 0 Å². The van der Waals surface area contributed by atoms with Gasteiger partial charge in [-0.15, -0.1) is 0 Å². The molecule has 0 unspecified atom stereocenters. The summed E-state index contributed by atoms with van der Waals surface area (Å²) in [4.78, 5) is 0. The Morgan fingerprint density at radius 1 is 0.667 bits per heavy atom. The van der Waals surface area contributed by atoms with Crippen LogP contribution >= 0.6 is 0 Å². The second-order valence-corrected chi connectivity index (χ2v) is 1.15. The Labute approximate surface area is 87.3 Å². The van der Waals surface area contributed by atoms with Crippen LogP contribution in [-0.2, 0) is 45.3 Å². The molecule has 1 aromatic rings. The second kappa shape index (κ2) is 11.5. The summed E-state index contributed by atoms with van der Waals surface area (Å²) < 4.78 is 0. The van der Waals surface area contributed by atoms with Gasteiger partial charge >= 0.3 is 0 Å². The van der Waals surface area contributed by atoms with Gasteiger partial charge in [-0.05, 0) is 0 Å². The molecule has 0 aliphatic rings. The molecule has 0 N–H and O–H groups in total. The number of hydrogen-bond donors (Lipinski definition) is 0. The first-order valence-corrected chi connectivity index (χ1v) is 3.22. The quantitative estimate of drug-likeness (QED) is 0.594. The van der Waals surface area contributed by atoms with Crippen molar-refractivity contribution in [3.63, 3.8) is 0 Å². The summed E-state index contributed by atoms with van der Waals surface area (Å²) in [6.07, 6.45) is 1.58. The average Bonchev–Trinajstić information content (AvgIpc) is 1.96. The van der Waals surface area contributed by atoms with Crippen LogP contribution in [0, 0.1) is 0 Å². The van der Waals surface area contributed by atoms with Gasteiger partial charge in [0.2, 0.25) is 0 Å². The van der Waals surface area contributed by atoms with Crippen LogP contribution in [0.25, 0.3) is 0 Å². The molecule has 0 aliphatic carbocycles. The van der Waals surface area contributed by atoms with Crippen LogP contribution in [0.15, 0.2) is 36.4 Å². The van der Waals surface area contributed by atoms with Crippen LogP contribution in [0.4, 0.5) is 0 Å². The molecule has 0 aliphatic heterocycles. The number of hydrogen-bond acceptors (Lipinski definition) is 1. The van der Waals surface area contributed by atoms with Gasteiger partial charge in [-0.2, -0.15) is 6.26 Å². The van der Waals surface area contributed by atoms with Gasteiger partial charge in [-0.3, -0.25) is 0 Å². The Kier molecular flexibility index (Phi) is 15.7. The fourth-order valence-electron chi connectivity index (χ4n) is 0.385. The Morgan fingerprint density at radius 2 is 0.778 bits per heavy atom. The Hall–Kier alpha value is 0.674. The summed E-state index contributed by atoms with van der Waals surface area (Å²) in [6.45, 7) is 0. The van der Waals surface area contributed by atoms with Gasteiger partial charge in [0.1, 0.15) is 0 Å². The van der Waals surface area contributed by atoms with Crippen LogP contribution in [-0.4, -0.2) is 6.26 Å². The van der Waals surface area contributed by atoms with E-state index in [0.29, 0.717) is 0 Å². The van der Waals surface area contributed by atoms with Gasteiger partial charge in [-0.25, -0.2) is 0 Å². The molecule has 2 heteroatoms. The maximum absolute atomic E-state index is 4.08. The van der Waals surface area contributed by atoms with Gasteiger partial charge in [-0.1, -0.05) is 36.4 Å². The third-order valence-corrected chi connectivity index (χ3v) is 0.667. The van der Waals surface area contributed by atoms with Gasteiger partial charge < -0.3 is 12.6 Å². The molecule has 0 bridgehead atoms. The van der Waals surface area contributed by atoms with E-state index in [9.17, 15) is 0 Å². The van der Waals surface area contributed by atoms with E-state index >= 15 is 0 Å². The van der Waals surface area contributed by atoms with Gasteiger partial charge in [0.25, 0.3) is 0 Å². The Bertz CT molecular complexity index is 80.8. The third kappa shape index (κ3) is 8.67. The van der Waals surface area contributed by atoms with E-state index in [1.54, 1.807) is 6.26 Å². The molecular weight excluding hydrogens is 205 g/mol. The molecule has 0 saturated carbocycles. The minimum Gasteiger partial charge on any atom is -0.796 e.